The number of carbonyl (C=O) groups excluding carboxylic acids is 4. The van der Waals surface area contributed by atoms with E-state index in [-0.39, 0.29) is 54.1 Å². The quantitative estimate of drug-likeness (QED) is 0.0723. The molecule has 3 aliphatic rings. The molecule has 0 unspecified atom stereocenters. The van der Waals surface area contributed by atoms with Gasteiger partial charge in [-0.05, 0) is 112 Å². The fraction of sp³-hybridized carbons (Fsp3) is 0.442. The molecule has 3 N–H and O–H groups in total. The highest BCUT2D eigenvalue weighted by atomic mass is 32.1. The minimum atomic E-state index is -5.19. The van der Waals surface area contributed by atoms with E-state index in [4.69, 9.17) is 12.2 Å². The van der Waals surface area contributed by atoms with Crippen LogP contribution in [0.2, 0.25) is 0 Å². The average Bonchev–Trinajstić information content (AvgIpc) is 3.97. The first-order chi connectivity index (χ1) is 33.5. The number of hydrogen-bond donors (Lipinski definition) is 3. The Hall–Kier alpha value is -6.25. The fourth-order valence-electron chi connectivity index (χ4n) is 9.20. The van der Waals surface area contributed by atoms with Crippen molar-refractivity contribution in [2.45, 2.75) is 104 Å². The molecule has 0 saturated carbocycles. The molecule has 374 valence electrons. The summed E-state index contributed by atoms with van der Waals surface area (Å²) in [6, 6.07) is 16.1. The fourth-order valence-corrected chi connectivity index (χ4v) is 10.5. The number of carbonyl (C=O) groups is 4. The Morgan fingerprint density at radius 3 is 2.31 bits per heavy atom. The summed E-state index contributed by atoms with van der Waals surface area (Å²) >= 11 is 7.09. The molecular weight excluding hydrogens is 957 g/mol. The first kappa shape index (κ1) is 52.6. The van der Waals surface area contributed by atoms with Crippen LogP contribution in [0.15, 0.2) is 66.2 Å². The lowest BCUT2D eigenvalue weighted by atomic mass is 9.91. The molecule has 4 aromatic rings. The number of rotatable bonds is 12. The number of hydrogen-bond acceptors (Lipinski definition) is 10. The molecule has 0 bridgehead atoms. The Kier molecular flexibility index (Phi) is 15.7. The Morgan fingerprint density at radius 1 is 1.03 bits per heavy atom. The van der Waals surface area contributed by atoms with Crippen LogP contribution < -0.4 is 20.4 Å². The summed E-state index contributed by atoms with van der Waals surface area (Å²) in [5.74, 6) is 3.27. The van der Waals surface area contributed by atoms with E-state index in [2.05, 4.69) is 32.4 Å². The van der Waals surface area contributed by atoms with Crippen molar-refractivity contribution in [2.24, 2.45) is 11.3 Å². The number of halogens is 4. The summed E-state index contributed by atoms with van der Waals surface area (Å²) in [4.78, 5) is 65.6. The number of anilines is 2. The van der Waals surface area contributed by atoms with E-state index in [9.17, 15) is 42.7 Å². The Labute approximate surface area is 420 Å². The Bertz CT molecular complexity index is 2780. The predicted octanol–water partition coefficient (Wildman–Crippen LogP) is 7.89. The lowest BCUT2D eigenvalue weighted by Gasteiger charge is -2.30. The molecule has 19 heteroatoms. The van der Waals surface area contributed by atoms with Gasteiger partial charge >= 0.3 is 6.18 Å². The molecule has 13 nitrogen and oxygen atoms in total. The number of aryl methyl sites for hydroxylation is 1. The number of nitrogens with one attached hydrogen (secondary N) is 2. The maximum Gasteiger partial charge on any atom is 0.420 e. The standard InChI is InChI=1S/C52H56F4N8O5S2/c1-31-46(71-30-59-31)35-13-11-34(12-14-35)39(60-47(68)41-25-38(65)29-62(41)43(67)27-50(2,3)4)26-42(66)58-21-24-61-22-19-33(20-23-61)8-7-32-9-16-37(17-10-32)64-49(70)63(48(69)51(64,5)6)40-18-15-36(28-57)44(45(40)53)52(54,55)56/h9-18,30,33,38-39,41,65H,19-27,29H2,1-6H3,(H,58,66)(H,60,68)/t38-,39+,41+/m1/s1. The van der Waals surface area contributed by atoms with Crippen molar-refractivity contribution in [3.05, 3.63) is 99.9 Å². The van der Waals surface area contributed by atoms with Crippen molar-refractivity contribution in [1.82, 2.24) is 25.4 Å². The Morgan fingerprint density at radius 2 is 1.70 bits per heavy atom. The molecule has 0 radical (unpaired) electrons. The van der Waals surface area contributed by atoms with Crippen LogP contribution in [0, 0.1) is 47.2 Å². The summed E-state index contributed by atoms with van der Waals surface area (Å²) in [5.41, 5.74) is 0.425. The van der Waals surface area contributed by atoms with Crippen LogP contribution in [-0.2, 0) is 25.4 Å². The number of aromatic nitrogens is 1. The SMILES string of the molecule is Cc1ncsc1-c1ccc([C@H](CC(=O)NCCN2CCC(C#Cc3ccc(N4C(=S)N(c5ccc(C#N)c(C(F)(F)F)c5F)C(=O)C4(C)C)cc3)CC2)NC(=O)[C@@H]2C[C@@H](O)CN2C(=O)CC(C)(C)C)cc1. The van der Waals surface area contributed by atoms with E-state index < -0.39 is 64.3 Å². The number of amides is 4. The molecule has 3 fully saturated rings. The van der Waals surface area contributed by atoms with Gasteiger partial charge in [-0.1, -0.05) is 56.9 Å². The van der Waals surface area contributed by atoms with Gasteiger partial charge in [-0.2, -0.15) is 18.4 Å². The largest absolute Gasteiger partial charge is 0.420 e. The third-order valence-corrected chi connectivity index (χ3v) is 14.3. The minimum Gasteiger partial charge on any atom is -0.391 e. The molecule has 3 atom stereocenters. The van der Waals surface area contributed by atoms with Gasteiger partial charge in [0, 0.05) is 49.6 Å². The van der Waals surface area contributed by atoms with Crippen LogP contribution in [0.5, 0.6) is 0 Å². The first-order valence-corrected chi connectivity index (χ1v) is 24.6. The number of thiocarbonyl (C=S) groups is 1. The van der Waals surface area contributed by atoms with Gasteiger partial charge in [0.25, 0.3) is 5.91 Å². The number of nitriles is 1. The summed E-state index contributed by atoms with van der Waals surface area (Å²) in [5, 5.41) is 25.6. The number of nitrogens with zero attached hydrogens (tertiary/aromatic N) is 6. The van der Waals surface area contributed by atoms with Gasteiger partial charge < -0.3 is 30.4 Å². The van der Waals surface area contributed by atoms with Crippen molar-refractivity contribution >= 4 is 63.7 Å². The number of likely N-dealkylation sites (tertiary alicyclic amines) is 2. The maximum absolute atomic E-state index is 15.5. The maximum atomic E-state index is 15.5. The molecule has 3 aliphatic heterocycles. The normalized spacial score (nSPS) is 19.0. The van der Waals surface area contributed by atoms with Gasteiger partial charge in [-0.15, -0.1) is 11.3 Å². The predicted molar refractivity (Wildman–Crippen MR) is 266 cm³/mol. The van der Waals surface area contributed by atoms with Crippen molar-refractivity contribution in [3.8, 4) is 28.4 Å². The van der Waals surface area contributed by atoms with Crippen molar-refractivity contribution < 1.29 is 41.8 Å². The van der Waals surface area contributed by atoms with E-state index >= 15 is 4.39 Å². The van der Waals surface area contributed by atoms with Crippen molar-refractivity contribution in [3.63, 3.8) is 0 Å². The lowest BCUT2D eigenvalue weighted by Crippen LogP contribution is -2.48. The number of alkyl halides is 3. The van der Waals surface area contributed by atoms with Gasteiger partial charge in [0.2, 0.25) is 17.7 Å². The van der Waals surface area contributed by atoms with E-state index in [1.165, 1.54) is 41.1 Å². The van der Waals surface area contributed by atoms with Crippen LogP contribution >= 0.6 is 23.6 Å². The number of thiazole rings is 1. The summed E-state index contributed by atoms with van der Waals surface area (Å²) in [6.45, 7) is 13.4. The molecule has 4 amide bonds. The molecule has 71 heavy (non-hydrogen) atoms. The molecule has 0 aliphatic carbocycles. The van der Waals surface area contributed by atoms with E-state index in [1.807, 2.05) is 52.0 Å². The van der Waals surface area contributed by atoms with E-state index in [0.717, 1.165) is 64.7 Å². The molecule has 1 aromatic heterocycles. The van der Waals surface area contributed by atoms with Crippen LogP contribution in [0.3, 0.4) is 0 Å². The minimum absolute atomic E-state index is 0.0434. The highest BCUT2D eigenvalue weighted by molar-refractivity contribution is 7.81. The van der Waals surface area contributed by atoms with Gasteiger partial charge in [0.1, 0.15) is 17.1 Å². The topological polar surface area (TPSA) is 162 Å². The number of benzene rings is 3. The number of piperidine rings is 1. The van der Waals surface area contributed by atoms with Crippen LogP contribution in [0.25, 0.3) is 10.4 Å². The van der Waals surface area contributed by atoms with E-state index in [1.54, 1.807) is 29.8 Å². The second-order valence-electron chi connectivity index (χ2n) is 19.9. The summed E-state index contributed by atoms with van der Waals surface area (Å²) < 4.78 is 56.9. The molecule has 7 rings (SSSR count). The van der Waals surface area contributed by atoms with Crippen molar-refractivity contribution in [1.29, 1.82) is 5.26 Å². The molecule has 3 saturated heterocycles. The van der Waals surface area contributed by atoms with E-state index in [0.29, 0.717) is 24.3 Å². The number of β-amino-alcohol motifs (C(OH)–C–C–N with tert-alkyl or cyclic N) is 1. The smallest absolute Gasteiger partial charge is 0.391 e. The van der Waals surface area contributed by atoms with Gasteiger partial charge in [-0.3, -0.25) is 24.1 Å². The molecule has 3 aromatic carbocycles. The van der Waals surface area contributed by atoms with Crippen molar-refractivity contribution in [2.75, 3.05) is 42.5 Å². The zero-order chi connectivity index (χ0) is 51.6. The average molecular weight is 1010 g/mol. The summed E-state index contributed by atoms with van der Waals surface area (Å²) in [6.07, 6.45) is -4.15. The van der Waals surface area contributed by atoms with Crippen LogP contribution in [0.1, 0.15) is 101 Å². The van der Waals surface area contributed by atoms with Gasteiger partial charge in [0.05, 0.1) is 52.0 Å². The van der Waals surface area contributed by atoms with Gasteiger partial charge in [-0.25, -0.2) is 9.37 Å². The highest BCUT2D eigenvalue weighted by Gasteiger charge is 2.52. The number of aliphatic hydroxyl groups excluding tert-OH is 1. The Balaban J connectivity index is 0.929. The third kappa shape index (κ3) is 11.9. The third-order valence-electron chi connectivity index (χ3n) is 12.9. The van der Waals surface area contributed by atoms with Gasteiger partial charge in [0.15, 0.2) is 10.9 Å². The monoisotopic (exact) mass is 1010 g/mol. The zero-order valence-corrected chi connectivity index (χ0v) is 42.0. The first-order valence-electron chi connectivity index (χ1n) is 23.3. The van der Waals surface area contributed by atoms with Crippen LogP contribution in [0.4, 0.5) is 28.9 Å². The van der Waals surface area contributed by atoms with Crippen LogP contribution in [-0.4, -0.2) is 99.0 Å². The highest BCUT2D eigenvalue weighted by Crippen LogP contribution is 2.42. The second kappa shape index (κ2) is 21.2. The summed E-state index contributed by atoms with van der Waals surface area (Å²) in [7, 11) is 0. The lowest BCUT2D eigenvalue weighted by molar-refractivity contribution is -0.140. The second-order valence-corrected chi connectivity index (χ2v) is 21.1. The molecule has 4 heterocycles. The number of aliphatic hydroxyl groups is 1. The molecule has 0 spiro atoms. The zero-order valence-electron chi connectivity index (χ0n) is 40.3. The molecular formula is C52H56F4N8O5S2.